The number of aromatic nitrogens is 3. The zero-order chi connectivity index (χ0) is 33.6. The van der Waals surface area contributed by atoms with E-state index in [2.05, 4.69) is 20.6 Å². The van der Waals surface area contributed by atoms with Crippen molar-refractivity contribution in [2.24, 2.45) is 0 Å². The summed E-state index contributed by atoms with van der Waals surface area (Å²) in [6.45, 7) is 10.9. The van der Waals surface area contributed by atoms with E-state index in [1.165, 1.54) is 24.5 Å². The molecule has 0 saturated heterocycles. The van der Waals surface area contributed by atoms with Crippen molar-refractivity contribution < 1.29 is 27.5 Å². The average molecular weight is 625 g/mol. The van der Waals surface area contributed by atoms with Gasteiger partial charge in [-0.2, -0.15) is 9.65 Å². The molecular formula is C33H44F2N7O3+. The molecule has 0 saturated carbocycles. The lowest BCUT2D eigenvalue weighted by Gasteiger charge is -2.23. The van der Waals surface area contributed by atoms with Crippen LogP contribution in [-0.2, 0) is 11.2 Å². The van der Waals surface area contributed by atoms with E-state index in [4.69, 9.17) is 14.7 Å². The number of halogens is 2. The lowest BCUT2D eigenvalue weighted by atomic mass is 10.0. The number of hydrogen-bond donors (Lipinski definition) is 2. The number of rotatable bonds is 12. The number of imidazole rings is 1. The molecule has 10 nitrogen and oxygen atoms in total. The molecule has 0 aliphatic heterocycles. The molecular weight excluding hydrogens is 580 g/mol. The van der Waals surface area contributed by atoms with Crippen molar-refractivity contribution in [3.63, 3.8) is 0 Å². The summed E-state index contributed by atoms with van der Waals surface area (Å²) in [4.78, 5) is 21.6. The van der Waals surface area contributed by atoms with Crippen molar-refractivity contribution in [2.45, 2.75) is 41.0 Å². The minimum atomic E-state index is -1.19. The first-order valence-electron chi connectivity index (χ1n) is 15.0. The van der Waals surface area contributed by atoms with Gasteiger partial charge in [0.2, 0.25) is 5.82 Å². The molecule has 2 aromatic carbocycles. The molecule has 0 bridgehead atoms. The first-order valence-corrected chi connectivity index (χ1v) is 15.0. The maximum Gasteiger partial charge on any atom is 0.251 e. The maximum absolute atomic E-state index is 14.9. The standard InChI is InChI=1S/C29H31F2N7O3.2C2H6/c1-5-19-16-20(6-7-21(19)29(39)34-12-15-40-18-38(2,3)4)36-27-28-35-17-23(37(28)13-11-33-27)22-8-9-24(41-14-10-32)26(31)25(22)30;2*1-2/h6-9,11,13,16-17H,5,12,14-15,18H2,1-4H3,(H-,33,34,36,39);2*1-2H3/p+1. The Morgan fingerprint density at radius 2 is 1.80 bits per heavy atom. The molecule has 0 aliphatic rings. The molecule has 0 fully saturated rings. The van der Waals surface area contributed by atoms with Gasteiger partial charge in [0.1, 0.15) is 6.07 Å². The monoisotopic (exact) mass is 624 g/mol. The normalized spacial score (nSPS) is 10.6. The largest absolute Gasteiger partial charge is 0.476 e. The molecule has 0 spiro atoms. The molecule has 0 unspecified atom stereocenters. The van der Waals surface area contributed by atoms with Gasteiger partial charge in [-0.25, -0.2) is 14.4 Å². The van der Waals surface area contributed by atoms with Crippen LogP contribution in [0.4, 0.5) is 20.3 Å². The highest BCUT2D eigenvalue weighted by molar-refractivity contribution is 5.96. The maximum atomic E-state index is 14.9. The van der Waals surface area contributed by atoms with Gasteiger partial charge >= 0.3 is 0 Å². The number of nitrogens with one attached hydrogen (secondary N) is 2. The number of benzene rings is 2. The number of anilines is 2. The third-order valence-electron chi connectivity index (χ3n) is 6.05. The summed E-state index contributed by atoms with van der Waals surface area (Å²) in [5.41, 5.74) is 2.76. The van der Waals surface area contributed by atoms with Crippen LogP contribution in [0.2, 0.25) is 0 Å². The van der Waals surface area contributed by atoms with Crippen LogP contribution >= 0.6 is 0 Å². The highest BCUT2D eigenvalue weighted by Gasteiger charge is 2.20. The number of nitrogens with zero attached hydrogens (tertiary/aromatic N) is 5. The third kappa shape index (κ3) is 9.69. The van der Waals surface area contributed by atoms with Crippen LogP contribution in [0.15, 0.2) is 48.9 Å². The summed E-state index contributed by atoms with van der Waals surface area (Å²) < 4.78 is 42.3. The Balaban J connectivity index is 0.00000169. The summed E-state index contributed by atoms with van der Waals surface area (Å²) >= 11 is 0. The quantitative estimate of drug-likeness (QED) is 0.107. The Hall–Kier alpha value is -4.60. The molecule has 242 valence electrons. The minimum absolute atomic E-state index is 0.0250. The second-order valence-corrected chi connectivity index (χ2v) is 10.2. The van der Waals surface area contributed by atoms with Crippen molar-refractivity contribution in [1.82, 2.24) is 19.7 Å². The van der Waals surface area contributed by atoms with E-state index in [-0.39, 0.29) is 17.2 Å². The summed E-state index contributed by atoms with van der Waals surface area (Å²) in [5.74, 6) is -2.44. The van der Waals surface area contributed by atoms with Crippen LogP contribution in [0.3, 0.4) is 0 Å². The van der Waals surface area contributed by atoms with E-state index in [0.29, 0.717) is 59.2 Å². The number of carbonyl (C=O) groups is 1. The third-order valence-corrected chi connectivity index (χ3v) is 6.05. The van der Waals surface area contributed by atoms with Crippen LogP contribution in [0.5, 0.6) is 5.75 Å². The topological polar surface area (TPSA) is 114 Å². The first-order chi connectivity index (χ1) is 21.6. The van der Waals surface area contributed by atoms with Gasteiger partial charge in [0, 0.05) is 35.8 Å². The number of amides is 1. The van der Waals surface area contributed by atoms with Gasteiger partial charge in [-0.05, 0) is 42.3 Å². The van der Waals surface area contributed by atoms with Gasteiger partial charge in [-0.3, -0.25) is 9.20 Å². The summed E-state index contributed by atoms with van der Waals surface area (Å²) in [6.07, 6.45) is 5.16. The Kier molecular flexibility index (Phi) is 14.3. The van der Waals surface area contributed by atoms with E-state index in [1.54, 1.807) is 28.8 Å². The Bertz CT molecular complexity index is 1590. The van der Waals surface area contributed by atoms with Gasteiger partial charge in [0.15, 0.2) is 36.4 Å². The fourth-order valence-corrected chi connectivity index (χ4v) is 4.15. The molecule has 4 rings (SSSR count). The predicted octanol–water partition coefficient (Wildman–Crippen LogP) is 6.35. The summed E-state index contributed by atoms with van der Waals surface area (Å²) in [7, 11) is 6.08. The van der Waals surface area contributed by atoms with Crippen molar-refractivity contribution in [2.75, 3.05) is 52.9 Å². The summed E-state index contributed by atoms with van der Waals surface area (Å²) in [6, 6.07) is 9.75. The average Bonchev–Trinajstić information content (AvgIpc) is 3.48. The van der Waals surface area contributed by atoms with E-state index >= 15 is 0 Å². The fourth-order valence-electron chi connectivity index (χ4n) is 4.15. The predicted molar refractivity (Wildman–Crippen MR) is 172 cm³/mol. The van der Waals surface area contributed by atoms with Crippen molar-refractivity contribution in [3.8, 4) is 23.1 Å². The second kappa shape index (κ2) is 17.6. The minimum Gasteiger partial charge on any atom is -0.476 e. The second-order valence-electron chi connectivity index (χ2n) is 10.2. The number of aryl methyl sites for hydroxylation is 1. The van der Waals surface area contributed by atoms with Gasteiger partial charge < -0.3 is 24.6 Å². The van der Waals surface area contributed by atoms with Gasteiger partial charge in [0.25, 0.3) is 5.91 Å². The number of nitriles is 1. The number of carbonyl (C=O) groups excluding carboxylic acids is 1. The number of fused-ring (bicyclic) bond motifs is 1. The molecule has 2 N–H and O–H groups in total. The van der Waals surface area contributed by atoms with Gasteiger partial charge in [-0.1, -0.05) is 34.6 Å². The lowest BCUT2D eigenvalue weighted by molar-refractivity contribution is -0.890. The molecule has 2 aromatic heterocycles. The lowest BCUT2D eigenvalue weighted by Crippen LogP contribution is -2.38. The Morgan fingerprint density at radius 1 is 1.07 bits per heavy atom. The highest BCUT2D eigenvalue weighted by Crippen LogP contribution is 2.32. The van der Waals surface area contributed by atoms with Crippen LogP contribution in [0.25, 0.3) is 16.9 Å². The van der Waals surface area contributed by atoms with Crippen LogP contribution in [0.1, 0.15) is 50.5 Å². The Labute approximate surface area is 264 Å². The fraction of sp³-hybridized carbons (Fsp3) is 0.394. The van der Waals surface area contributed by atoms with Crippen LogP contribution < -0.4 is 15.4 Å². The Morgan fingerprint density at radius 3 is 2.47 bits per heavy atom. The summed E-state index contributed by atoms with van der Waals surface area (Å²) in [5, 5.41) is 14.8. The highest BCUT2D eigenvalue weighted by atomic mass is 19.2. The SMILES string of the molecule is CC.CC.CCc1cc(Nc2nccn3c(-c4ccc(OCC#N)c(F)c4F)cnc23)ccc1C(=O)NCCOC[N+](C)(C)C. The molecule has 0 aliphatic carbocycles. The zero-order valence-electron chi connectivity index (χ0n) is 27.4. The van der Waals surface area contributed by atoms with Gasteiger partial charge in [-0.15, -0.1) is 0 Å². The van der Waals surface area contributed by atoms with Crippen LogP contribution in [-0.4, -0.2) is 72.4 Å². The van der Waals surface area contributed by atoms with E-state index in [0.717, 1.165) is 5.56 Å². The van der Waals surface area contributed by atoms with Crippen molar-refractivity contribution >= 4 is 23.1 Å². The van der Waals surface area contributed by atoms with Crippen molar-refractivity contribution in [3.05, 3.63) is 71.7 Å². The van der Waals surface area contributed by atoms with Gasteiger partial charge in [0.05, 0.1) is 39.6 Å². The van der Waals surface area contributed by atoms with E-state index in [9.17, 15) is 13.6 Å². The number of ether oxygens (including phenoxy) is 2. The molecule has 0 radical (unpaired) electrons. The molecule has 4 aromatic rings. The number of quaternary nitrogens is 1. The van der Waals surface area contributed by atoms with Crippen LogP contribution in [0, 0.1) is 23.0 Å². The smallest absolute Gasteiger partial charge is 0.251 e. The zero-order valence-corrected chi connectivity index (χ0v) is 27.4. The molecule has 1 amide bonds. The first kappa shape index (κ1) is 36.6. The molecule has 0 atom stereocenters. The van der Waals surface area contributed by atoms with Crippen molar-refractivity contribution in [1.29, 1.82) is 5.26 Å². The number of hydrogen-bond acceptors (Lipinski definition) is 7. The van der Waals surface area contributed by atoms with E-state index in [1.807, 2.05) is 61.8 Å². The molecule has 45 heavy (non-hydrogen) atoms. The molecule has 12 heteroatoms. The molecule has 2 heterocycles. The van der Waals surface area contributed by atoms with E-state index < -0.39 is 18.2 Å².